The third kappa shape index (κ3) is 4.65. The minimum atomic E-state index is -1.12. The van der Waals surface area contributed by atoms with E-state index in [9.17, 15) is 14.4 Å². The standard InChI is InChI=1S/C24H28O7/c1-7-14(4)23(27)30-21-19-16(10-8-15-9-11-17(25)29-20(15)19)28-22(21)24(5,6)31-18(26)12-13(2)3/h7-11,13,21-22H,12H2,1-6H3/b14-7-. The average Bonchev–Trinajstić information content (AvgIpc) is 3.05. The first kappa shape index (κ1) is 22.6. The number of esters is 2. The van der Waals surface area contributed by atoms with Crippen molar-refractivity contribution in [2.24, 2.45) is 5.92 Å². The molecule has 0 spiro atoms. The largest absolute Gasteiger partial charge is 0.481 e. The van der Waals surface area contributed by atoms with Gasteiger partial charge in [-0.1, -0.05) is 19.9 Å². The Morgan fingerprint density at radius 3 is 2.52 bits per heavy atom. The second kappa shape index (κ2) is 8.57. The van der Waals surface area contributed by atoms with Crippen LogP contribution in [0, 0.1) is 5.92 Å². The van der Waals surface area contributed by atoms with E-state index < -0.39 is 29.4 Å². The van der Waals surface area contributed by atoms with Gasteiger partial charge in [0.1, 0.15) is 16.9 Å². The molecule has 0 fully saturated rings. The second-order valence-corrected chi connectivity index (χ2v) is 8.66. The first-order valence-electron chi connectivity index (χ1n) is 10.3. The average molecular weight is 428 g/mol. The molecule has 0 amide bonds. The number of ether oxygens (including phenoxy) is 3. The van der Waals surface area contributed by atoms with Gasteiger partial charge in [-0.2, -0.15) is 0 Å². The van der Waals surface area contributed by atoms with Crippen LogP contribution < -0.4 is 10.4 Å². The number of carbonyl (C=O) groups is 2. The Morgan fingerprint density at radius 1 is 1.19 bits per heavy atom. The minimum absolute atomic E-state index is 0.133. The van der Waals surface area contributed by atoms with Gasteiger partial charge in [-0.25, -0.2) is 9.59 Å². The van der Waals surface area contributed by atoms with E-state index in [1.807, 2.05) is 13.8 Å². The molecule has 0 bridgehead atoms. The fraction of sp³-hybridized carbons (Fsp3) is 0.458. The zero-order chi connectivity index (χ0) is 22.9. The molecule has 0 saturated heterocycles. The normalized spacial score (nSPS) is 18.6. The predicted molar refractivity (Wildman–Crippen MR) is 115 cm³/mol. The van der Waals surface area contributed by atoms with Crippen molar-refractivity contribution in [3.8, 4) is 5.75 Å². The maximum atomic E-state index is 12.6. The highest BCUT2D eigenvalue weighted by molar-refractivity contribution is 5.89. The van der Waals surface area contributed by atoms with Crippen LogP contribution in [0.2, 0.25) is 0 Å². The van der Waals surface area contributed by atoms with Gasteiger partial charge in [-0.3, -0.25) is 4.79 Å². The maximum absolute atomic E-state index is 12.6. The number of hydrogen-bond donors (Lipinski definition) is 0. The molecule has 7 heteroatoms. The number of fused-ring (bicyclic) bond motifs is 3. The summed E-state index contributed by atoms with van der Waals surface area (Å²) in [5, 5.41) is 0.668. The van der Waals surface area contributed by atoms with Crippen molar-refractivity contribution in [2.45, 2.75) is 65.8 Å². The van der Waals surface area contributed by atoms with Crippen molar-refractivity contribution in [3.05, 3.63) is 51.9 Å². The van der Waals surface area contributed by atoms with Gasteiger partial charge >= 0.3 is 17.6 Å². The van der Waals surface area contributed by atoms with Crippen LogP contribution in [-0.4, -0.2) is 23.6 Å². The SMILES string of the molecule is C/C=C(/C)C(=O)OC1c2c(ccc3ccc(=O)oc23)OC1C(C)(C)OC(=O)CC(C)C. The van der Waals surface area contributed by atoms with Gasteiger partial charge in [-0.05, 0) is 51.8 Å². The van der Waals surface area contributed by atoms with Crippen LogP contribution in [0.3, 0.4) is 0 Å². The topological polar surface area (TPSA) is 92.0 Å². The van der Waals surface area contributed by atoms with Crippen molar-refractivity contribution in [3.63, 3.8) is 0 Å². The first-order chi connectivity index (χ1) is 14.5. The zero-order valence-corrected chi connectivity index (χ0v) is 18.7. The van der Waals surface area contributed by atoms with E-state index >= 15 is 0 Å². The lowest BCUT2D eigenvalue weighted by Crippen LogP contribution is -2.46. The molecule has 1 aromatic heterocycles. The van der Waals surface area contributed by atoms with Crippen LogP contribution in [0.15, 0.2) is 45.1 Å². The summed E-state index contributed by atoms with van der Waals surface area (Å²) in [7, 11) is 0. The molecule has 166 valence electrons. The monoisotopic (exact) mass is 428 g/mol. The maximum Gasteiger partial charge on any atom is 0.336 e. The second-order valence-electron chi connectivity index (χ2n) is 8.66. The Morgan fingerprint density at radius 2 is 1.87 bits per heavy atom. The molecule has 3 rings (SSSR count). The summed E-state index contributed by atoms with van der Waals surface area (Å²) in [6.45, 7) is 10.7. The highest BCUT2D eigenvalue weighted by atomic mass is 16.6. The predicted octanol–water partition coefficient (Wildman–Crippen LogP) is 4.47. The van der Waals surface area contributed by atoms with E-state index in [-0.39, 0.29) is 23.9 Å². The van der Waals surface area contributed by atoms with E-state index in [0.717, 1.165) is 0 Å². The first-order valence-corrected chi connectivity index (χ1v) is 10.3. The highest BCUT2D eigenvalue weighted by Crippen LogP contribution is 2.47. The van der Waals surface area contributed by atoms with Crippen molar-refractivity contribution in [1.29, 1.82) is 0 Å². The third-order valence-corrected chi connectivity index (χ3v) is 5.23. The highest BCUT2D eigenvalue weighted by Gasteiger charge is 2.50. The number of hydrogen-bond acceptors (Lipinski definition) is 7. The van der Waals surface area contributed by atoms with Crippen LogP contribution in [0.1, 0.15) is 59.6 Å². The van der Waals surface area contributed by atoms with E-state index in [4.69, 9.17) is 18.6 Å². The Bertz CT molecular complexity index is 1090. The molecule has 1 aromatic carbocycles. The van der Waals surface area contributed by atoms with Gasteiger partial charge in [0.15, 0.2) is 12.2 Å². The van der Waals surface area contributed by atoms with E-state index in [0.29, 0.717) is 22.3 Å². The molecular formula is C24H28O7. The molecule has 1 aliphatic heterocycles. The van der Waals surface area contributed by atoms with Gasteiger partial charge in [0.25, 0.3) is 0 Å². The van der Waals surface area contributed by atoms with E-state index in [1.165, 1.54) is 6.07 Å². The van der Waals surface area contributed by atoms with Gasteiger partial charge < -0.3 is 18.6 Å². The Balaban J connectivity index is 2.07. The van der Waals surface area contributed by atoms with E-state index in [1.54, 1.807) is 52.0 Å². The molecule has 0 aliphatic carbocycles. The molecule has 0 radical (unpaired) electrons. The smallest absolute Gasteiger partial charge is 0.336 e. The van der Waals surface area contributed by atoms with Crippen molar-refractivity contribution in [1.82, 2.24) is 0 Å². The zero-order valence-electron chi connectivity index (χ0n) is 18.7. The van der Waals surface area contributed by atoms with E-state index in [2.05, 4.69) is 0 Å². The Labute approximate surface area is 181 Å². The van der Waals surface area contributed by atoms with Crippen molar-refractivity contribution in [2.75, 3.05) is 0 Å². The molecular weight excluding hydrogens is 400 g/mol. The van der Waals surface area contributed by atoms with Crippen LogP contribution in [-0.2, 0) is 19.1 Å². The molecule has 0 N–H and O–H groups in total. The molecule has 2 aromatic rings. The molecule has 2 heterocycles. The van der Waals surface area contributed by atoms with Gasteiger partial charge in [0.2, 0.25) is 0 Å². The number of allylic oxidation sites excluding steroid dienone is 1. The van der Waals surface area contributed by atoms with Gasteiger partial charge in [0.05, 0.1) is 5.56 Å². The fourth-order valence-corrected chi connectivity index (χ4v) is 3.54. The molecule has 0 saturated carbocycles. The summed E-state index contributed by atoms with van der Waals surface area (Å²) in [5.41, 5.74) is -0.496. The Kier molecular flexibility index (Phi) is 6.25. The molecule has 1 aliphatic rings. The lowest BCUT2D eigenvalue weighted by atomic mass is 9.93. The summed E-state index contributed by atoms with van der Waals surface area (Å²) >= 11 is 0. The molecule has 31 heavy (non-hydrogen) atoms. The minimum Gasteiger partial charge on any atom is -0.481 e. The lowest BCUT2D eigenvalue weighted by Gasteiger charge is -2.34. The number of rotatable bonds is 6. The summed E-state index contributed by atoms with van der Waals surface area (Å²) < 4.78 is 23.1. The van der Waals surface area contributed by atoms with Gasteiger partial charge in [0, 0.05) is 23.4 Å². The van der Waals surface area contributed by atoms with Crippen LogP contribution in [0.25, 0.3) is 11.0 Å². The number of benzene rings is 1. The Hall–Kier alpha value is -3.09. The summed E-state index contributed by atoms with van der Waals surface area (Å²) in [6, 6.07) is 6.45. The van der Waals surface area contributed by atoms with Crippen molar-refractivity contribution < 1.29 is 28.2 Å². The van der Waals surface area contributed by atoms with Crippen LogP contribution in [0.4, 0.5) is 0 Å². The lowest BCUT2D eigenvalue weighted by molar-refractivity contribution is -0.176. The number of carbonyl (C=O) groups excluding carboxylic acids is 2. The summed E-state index contributed by atoms with van der Waals surface area (Å²) in [4.78, 5) is 36.9. The quantitative estimate of drug-likeness (QED) is 0.381. The molecule has 2 unspecified atom stereocenters. The molecule has 2 atom stereocenters. The third-order valence-electron chi connectivity index (χ3n) is 5.23. The van der Waals surface area contributed by atoms with Gasteiger partial charge in [-0.15, -0.1) is 0 Å². The summed E-state index contributed by atoms with van der Waals surface area (Å²) in [6.07, 6.45) is 0.130. The van der Waals surface area contributed by atoms with Crippen LogP contribution >= 0.6 is 0 Å². The van der Waals surface area contributed by atoms with Crippen LogP contribution in [0.5, 0.6) is 5.75 Å². The summed E-state index contributed by atoms with van der Waals surface area (Å²) in [5.74, 6) is -0.357. The molecule has 7 nitrogen and oxygen atoms in total. The fourth-order valence-electron chi connectivity index (χ4n) is 3.54. The van der Waals surface area contributed by atoms with Crippen molar-refractivity contribution >= 4 is 22.9 Å².